The third-order valence-corrected chi connectivity index (χ3v) is 6.73. The summed E-state index contributed by atoms with van der Waals surface area (Å²) in [7, 11) is -2.40. The van der Waals surface area contributed by atoms with Crippen molar-refractivity contribution in [3.8, 4) is 17.2 Å². The van der Waals surface area contributed by atoms with Crippen molar-refractivity contribution in [2.75, 3.05) is 26.9 Å². The van der Waals surface area contributed by atoms with Crippen molar-refractivity contribution in [2.24, 2.45) is 0 Å². The molecule has 8 nitrogen and oxygen atoms in total. The SMILES string of the molecule is CCOc1ccc(OCCNC(=O)c2ccc(OC)c(S(=O)(=O)NC3CCCC3)c2)cc1. The second kappa shape index (κ2) is 11.2. The van der Waals surface area contributed by atoms with Gasteiger partial charge in [-0.05, 0) is 62.2 Å². The third kappa shape index (κ3) is 6.37. The molecule has 1 amide bonds. The first-order valence-corrected chi connectivity index (χ1v) is 12.3. The maximum atomic E-state index is 12.9. The van der Waals surface area contributed by atoms with E-state index in [2.05, 4.69) is 10.0 Å². The Kier molecular flexibility index (Phi) is 8.35. The summed E-state index contributed by atoms with van der Waals surface area (Å²) >= 11 is 0. The lowest BCUT2D eigenvalue weighted by atomic mass is 10.2. The molecular formula is C23H30N2O6S. The molecule has 1 aliphatic rings. The van der Waals surface area contributed by atoms with E-state index in [1.54, 1.807) is 12.1 Å². The van der Waals surface area contributed by atoms with Crippen LogP contribution in [0, 0.1) is 0 Å². The van der Waals surface area contributed by atoms with Gasteiger partial charge in [0.05, 0.1) is 20.3 Å². The molecule has 0 aromatic heterocycles. The third-order valence-electron chi connectivity index (χ3n) is 5.18. The summed E-state index contributed by atoms with van der Waals surface area (Å²) in [4.78, 5) is 12.5. The van der Waals surface area contributed by atoms with E-state index < -0.39 is 10.0 Å². The Hall–Kier alpha value is -2.78. The Morgan fingerprint density at radius 2 is 1.69 bits per heavy atom. The van der Waals surface area contributed by atoms with Gasteiger partial charge in [0.25, 0.3) is 5.91 Å². The average Bonchev–Trinajstić information content (AvgIpc) is 3.29. The van der Waals surface area contributed by atoms with Crippen LogP contribution in [0.3, 0.4) is 0 Å². The first kappa shape index (κ1) is 23.9. The van der Waals surface area contributed by atoms with Gasteiger partial charge in [0, 0.05) is 11.6 Å². The predicted octanol–water partition coefficient (Wildman–Crippen LogP) is 3.12. The van der Waals surface area contributed by atoms with Crippen LogP contribution >= 0.6 is 0 Å². The van der Waals surface area contributed by atoms with Gasteiger partial charge in [-0.3, -0.25) is 4.79 Å². The van der Waals surface area contributed by atoms with Crippen molar-refractivity contribution < 1.29 is 27.4 Å². The number of sulfonamides is 1. The van der Waals surface area contributed by atoms with E-state index >= 15 is 0 Å². The van der Waals surface area contributed by atoms with Crippen LogP contribution in [0.5, 0.6) is 17.2 Å². The van der Waals surface area contributed by atoms with Gasteiger partial charge in [-0.25, -0.2) is 13.1 Å². The lowest BCUT2D eigenvalue weighted by Crippen LogP contribution is -2.33. The lowest BCUT2D eigenvalue weighted by molar-refractivity contribution is 0.0946. The van der Waals surface area contributed by atoms with Crippen LogP contribution in [-0.2, 0) is 10.0 Å². The van der Waals surface area contributed by atoms with Gasteiger partial charge in [-0.2, -0.15) is 0 Å². The second-order valence-electron chi connectivity index (χ2n) is 7.48. The van der Waals surface area contributed by atoms with E-state index in [0.29, 0.717) is 12.4 Å². The molecule has 2 aromatic carbocycles. The molecule has 0 saturated heterocycles. The van der Waals surface area contributed by atoms with Gasteiger partial charge in [0.1, 0.15) is 28.8 Å². The van der Waals surface area contributed by atoms with E-state index in [1.807, 2.05) is 19.1 Å². The van der Waals surface area contributed by atoms with Crippen LogP contribution < -0.4 is 24.2 Å². The second-order valence-corrected chi connectivity index (χ2v) is 9.16. The van der Waals surface area contributed by atoms with Crippen LogP contribution in [0.2, 0.25) is 0 Å². The van der Waals surface area contributed by atoms with Crippen molar-refractivity contribution >= 4 is 15.9 Å². The lowest BCUT2D eigenvalue weighted by Gasteiger charge is -2.16. The van der Waals surface area contributed by atoms with E-state index in [0.717, 1.165) is 31.4 Å². The minimum Gasteiger partial charge on any atom is -0.495 e. The van der Waals surface area contributed by atoms with Crippen LogP contribution in [0.1, 0.15) is 43.0 Å². The highest BCUT2D eigenvalue weighted by Gasteiger charge is 2.26. The van der Waals surface area contributed by atoms with Crippen LogP contribution in [0.15, 0.2) is 47.4 Å². The van der Waals surface area contributed by atoms with Gasteiger partial charge in [0.2, 0.25) is 10.0 Å². The van der Waals surface area contributed by atoms with Crippen LogP contribution in [0.4, 0.5) is 0 Å². The van der Waals surface area contributed by atoms with Gasteiger partial charge >= 0.3 is 0 Å². The van der Waals surface area contributed by atoms with Gasteiger partial charge < -0.3 is 19.5 Å². The van der Waals surface area contributed by atoms with Crippen molar-refractivity contribution in [3.05, 3.63) is 48.0 Å². The molecule has 1 aliphatic carbocycles. The zero-order chi connectivity index (χ0) is 23.0. The van der Waals surface area contributed by atoms with Gasteiger partial charge in [-0.1, -0.05) is 12.8 Å². The molecule has 0 heterocycles. The fourth-order valence-corrected chi connectivity index (χ4v) is 5.09. The Morgan fingerprint density at radius 1 is 1.03 bits per heavy atom. The molecule has 0 spiro atoms. The number of ether oxygens (including phenoxy) is 3. The summed E-state index contributed by atoms with van der Waals surface area (Å²) in [5, 5.41) is 2.75. The first-order valence-electron chi connectivity index (χ1n) is 10.8. The number of benzene rings is 2. The zero-order valence-electron chi connectivity index (χ0n) is 18.4. The molecule has 0 atom stereocenters. The van der Waals surface area contributed by atoms with Crippen LogP contribution in [-0.4, -0.2) is 47.2 Å². The molecule has 3 rings (SSSR count). The molecule has 0 aliphatic heterocycles. The molecule has 0 unspecified atom stereocenters. The molecule has 32 heavy (non-hydrogen) atoms. The Bertz CT molecular complexity index is 1000. The zero-order valence-corrected chi connectivity index (χ0v) is 19.2. The number of nitrogens with one attached hydrogen (secondary N) is 2. The molecule has 2 N–H and O–H groups in total. The first-order chi connectivity index (χ1) is 15.4. The highest BCUT2D eigenvalue weighted by molar-refractivity contribution is 7.89. The standard InChI is InChI=1S/C23H30N2O6S/c1-3-30-19-9-11-20(12-10-19)31-15-14-24-23(26)17-8-13-21(29-2)22(16-17)32(27,28)25-18-6-4-5-7-18/h8-13,16,18,25H,3-7,14-15H2,1-2H3,(H,24,26). The van der Waals surface area contributed by atoms with E-state index in [1.165, 1.54) is 25.3 Å². The monoisotopic (exact) mass is 462 g/mol. The Labute approximate surface area is 189 Å². The number of hydrogen-bond donors (Lipinski definition) is 2. The topological polar surface area (TPSA) is 103 Å². The summed E-state index contributed by atoms with van der Waals surface area (Å²) < 4.78 is 44.7. The highest BCUT2D eigenvalue weighted by atomic mass is 32.2. The summed E-state index contributed by atoms with van der Waals surface area (Å²) in [6.07, 6.45) is 3.64. The summed E-state index contributed by atoms with van der Waals surface area (Å²) in [6, 6.07) is 11.5. The number of methoxy groups -OCH3 is 1. The number of carbonyl (C=O) groups excluding carboxylic acids is 1. The van der Waals surface area contributed by atoms with E-state index in [-0.39, 0.29) is 41.3 Å². The van der Waals surface area contributed by atoms with Gasteiger partial charge in [0.15, 0.2) is 0 Å². The van der Waals surface area contributed by atoms with Crippen molar-refractivity contribution in [2.45, 2.75) is 43.5 Å². The summed E-state index contributed by atoms with van der Waals surface area (Å²) in [5.74, 6) is 1.24. The minimum atomic E-state index is -3.80. The number of amides is 1. The quantitative estimate of drug-likeness (QED) is 0.498. The van der Waals surface area contributed by atoms with Crippen LogP contribution in [0.25, 0.3) is 0 Å². The molecule has 0 radical (unpaired) electrons. The Balaban J connectivity index is 1.58. The molecular weight excluding hydrogens is 432 g/mol. The highest BCUT2D eigenvalue weighted by Crippen LogP contribution is 2.27. The largest absolute Gasteiger partial charge is 0.495 e. The number of hydrogen-bond acceptors (Lipinski definition) is 6. The molecule has 2 aromatic rings. The van der Waals surface area contributed by atoms with Gasteiger partial charge in [-0.15, -0.1) is 0 Å². The average molecular weight is 463 g/mol. The van der Waals surface area contributed by atoms with E-state index in [9.17, 15) is 13.2 Å². The molecule has 174 valence electrons. The van der Waals surface area contributed by atoms with Crippen molar-refractivity contribution in [1.82, 2.24) is 10.0 Å². The minimum absolute atomic E-state index is 0.0369. The van der Waals surface area contributed by atoms with Crippen molar-refractivity contribution in [1.29, 1.82) is 0 Å². The Morgan fingerprint density at radius 3 is 2.31 bits per heavy atom. The fourth-order valence-electron chi connectivity index (χ4n) is 3.59. The maximum absolute atomic E-state index is 12.9. The summed E-state index contributed by atoms with van der Waals surface area (Å²) in [5.41, 5.74) is 0.235. The number of rotatable bonds is 11. The normalized spacial score (nSPS) is 14.2. The molecule has 0 bridgehead atoms. The maximum Gasteiger partial charge on any atom is 0.251 e. The number of carbonyl (C=O) groups is 1. The van der Waals surface area contributed by atoms with E-state index in [4.69, 9.17) is 14.2 Å². The summed E-state index contributed by atoms with van der Waals surface area (Å²) in [6.45, 7) is 3.04. The smallest absolute Gasteiger partial charge is 0.251 e. The molecule has 1 fully saturated rings. The molecule has 1 saturated carbocycles. The fraction of sp³-hybridized carbons (Fsp3) is 0.435. The predicted molar refractivity (Wildman–Crippen MR) is 121 cm³/mol. The molecule has 9 heteroatoms. The van der Waals surface area contributed by atoms with Crippen molar-refractivity contribution in [3.63, 3.8) is 0 Å².